The molecule has 1 amide bonds. The van der Waals surface area contributed by atoms with Crippen LogP contribution in [0.1, 0.15) is 47.0 Å². The SMILES string of the molecule is CCCCS(=N)(=O)CCC1S[C@]1(NC(=O)OC(C)(C)C)C(=O)O. The second kappa shape index (κ2) is 7.29. The molecule has 1 aliphatic rings. The fraction of sp³-hybridized carbons (Fsp3) is 0.857. The number of amides is 1. The average Bonchev–Trinajstić information content (AvgIpc) is 3.06. The Morgan fingerprint density at radius 3 is 2.48 bits per heavy atom. The van der Waals surface area contributed by atoms with Crippen molar-refractivity contribution in [3.05, 3.63) is 0 Å². The standard InChI is InChI=1S/C14H26N2O5S2/c1-5-6-8-23(15,20)9-7-10-14(22-10,11(17)18)16-12(19)21-13(2,3)4/h10,15H,5-9H2,1-4H3,(H,16,19)(H,17,18)/t10?,14-,23?/m0/s1. The number of thioether (sulfide) groups is 1. The van der Waals surface area contributed by atoms with Crippen LogP contribution in [0.5, 0.6) is 0 Å². The average molecular weight is 367 g/mol. The van der Waals surface area contributed by atoms with Gasteiger partial charge in [-0.15, -0.1) is 11.8 Å². The third-order valence-corrected chi connectivity index (χ3v) is 6.66. The number of unbranched alkanes of at least 4 members (excludes halogenated alkanes) is 1. The van der Waals surface area contributed by atoms with Gasteiger partial charge in [-0.2, -0.15) is 0 Å². The van der Waals surface area contributed by atoms with E-state index in [1.807, 2.05) is 6.92 Å². The molecule has 0 aliphatic carbocycles. The molecule has 3 N–H and O–H groups in total. The lowest BCUT2D eigenvalue weighted by molar-refractivity contribution is -0.139. The molecule has 2 unspecified atom stereocenters. The largest absolute Gasteiger partial charge is 0.479 e. The van der Waals surface area contributed by atoms with E-state index in [1.165, 1.54) is 0 Å². The number of nitrogens with one attached hydrogen (secondary N) is 2. The van der Waals surface area contributed by atoms with Crippen LogP contribution in [0, 0.1) is 4.78 Å². The minimum Gasteiger partial charge on any atom is -0.479 e. The zero-order chi connectivity index (χ0) is 17.9. The van der Waals surface area contributed by atoms with Gasteiger partial charge in [-0.3, -0.25) is 10.1 Å². The van der Waals surface area contributed by atoms with Crippen molar-refractivity contribution < 1.29 is 23.6 Å². The Morgan fingerprint density at radius 1 is 1.39 bits per heavy atom. The van der Waals surface area contributed by atoms with E-state index in [9.17, 15) is 18.9 Å². The van der Waals surface area contributed by atoms with Crippen molar-refractivity contribution in [1.29, 1.82) is 4.78 Å². The summed E-state index contributed by atoms with van der Waals surface area (Å²) in [5.74, 6) is -0.667. The number of hydrogen-bond acceptors (Lipinski definition) is 6. The number of rotatable bonds is 8. The molecule has 0 aromatic carbocycles. The van der Waals surface area contributed by atoms with Crippen LogP contribution < -0.4 is 5.32 Å². The number of hydrogen-bond donors (Lipinski definition) is 3. The van der Waals surface area contributed by atoms with Crippen LogP contribution in [0.15, 0.2) is 0 Å². The van der Waals surface area contributed by atoms with Crippen LogP contribution in [0.4, 0.5) is 4.79 Å². The number of alkyl carbamates (subject to hydrolysis) is 1. The maximum atomic E-state index is 12.1. The van der Waals surface area contributed by atoms with Crippen molar-refractivity contribution in [3.63, 3.8) is 0 Å². The van der Waals surface area contributed by atoms with Crippen molar-refractivity contribution in [3.8, 4) is 0 Å². The van der Waals surface area contributed by atoms with E-state index in [4.69, 9.17) is 9.52 Å². The fourth-order valence-corrected chi connectivity index (χ4v) is 4.90. The summed E-state index contributed by atoms with van der Waals surface area (Å²) < 4.78 is 25.0. The Morgan fingerprint density at radius 2 is 2.00 bits per heavy atom. The molecule has 1 rings (SSSR count). The number of carboxylic acids is 1. The topological polar surface area (TPSA) is 117 Å². The van der Waals surface area contributed by atoms with Gasteiger partial charge in [0.05, 0.1) is 5.25 Å². The zero-order valence-corrected chi connectivity index (χ0v) is 15.6. The molecule has 7 nitrogen and oxygen atoms in total. The molecule has 0 radical (unpaired) electrons. The van der Waals surface area contributed by atoms with Gasteiger partial charge in [-0.1, -0.05) is 13.3 Å². The summed E-state index contributed by atoms with van der Waals surface area (Å²) in [7, 11) is -2.68. The summed E-state index contributed by atoms with van der Waals surface area (Å²) in [5, 5.41) is 11.4. The Labute approximate surface area is 141 Å². The van der Waals surface area contributed by atoms with Crippen LogP contribution >= 0.6 is 11.8 Å². The molecule has 23 heavy (non-hydrogen) atoms. The summed E-state index contributed by atoms with van der Waals surface area (Å²) in [6.07, 6.45) is 1.12. The van der Waals surface area contributed by atoms with Gasteiger partial charge in [0.1, 0.15) is 5.60 Å². The van der Waals surface area contributed by atoms with Crippen LogP contribution in [0.3, 0.4) is 0 Å². The first-order valence-corrected chi connectivity index (χ1v) is 10.4. The molecular weight excluding hydrogens is 340 g/mol. The van der Waals surface area contributed by atoms with Crippen LogP contribution in [0.25, 0.3) is 0 Å². The molecule has 3 atom stereocenters. The molecule has 0 spiro atoms. The number of ether oxygens (including phenoxy) is 1. The Hall–Kier alpha value is -0.960. The summed E-state index contributed by atoms with van der Waals surface area (Å²) in [6.45, 7) is 7.05. The first-order valence-electron chi connectivity index (χ1n) is 7.58. The van der Waals surface area contributed by atoms with Gasteiger partial charge in [0.2, 0.25) is 0 Å². The highest BCUT2D eigenvalue weighted by molar-refractivity contribution is 8.09. The van der Waals surface area contributed by atoms with E-state index < -0.39 is 32.3 Å². The van der Waals surface area contributed by atoms with E-state index in [1.54, 1.807) is 20.8 Å². The van der Waals surface area contributed by atoms with E-state index in [2.05, 4.69) is 5.32 Å². The fourth-order valence-electron chi connectivity index (χ4n) is 2.04. The first kappa shape index (κ1) is 20.1. The van der Waals surface area contributed by atoms with Crippen molar-refractivity contribution in [2.45, 2.75) is 62.7 Å². The minimum absolute atomic E-state index is 0.149. The van der Waals surface area contributed by atoms with Crippen LogP contribution in [0.2, 0.25) is 0 Å². The molecule has 0 bridgehead atoms. The lowest BCUT2D eigenvalue weighted by Gasteiger charge is -2.21. The quantitative estimate of drug-likeness (QED) is 0.569. The second-order valence-corrected chi connectivity index (χ2v) is 10.5. The summed E-state index contributed by atoms with van der Waals surface area (Å²) in [6, 6.07) is 0. The van der Waals surface area contributed by atoms with E-state index in [0.717, 1.165) is 24.6 Å². The molecule has 1 aliphatic heterocycles. The number of aliphatic carboxylic acids is 1. The first-order chi connectivity index (χ1) is 10.4. The van der Waals surface area contributed by atoms with E-state index in [-0.39, 0.29) is 11.0 Å². The maximum Gasteiger partial charge on any atom is 0.409 e. The zero-order valence-electron chi connectivity index (χ0n) is 14.0. The van der Waals surface area contributed by atoms with Crippen molar-refractivity contribution in [1.82, 2.24) is 5.32 Å². The van der Waals surface area contributed by atoms with E-state index >= 15 is 0 Å². The van der Waals surface area contributed by atoms with Gasteiger partial charge in [0.25, 0.3) is 0 Å². The Kier molecular flexibility index (Phi) is 6.37. The Bertz CT molecular complexity index is 556. The number of carbonyl (C=O) groups excluding carboxylic acids is 1. The van der Waals surface area contributed by atoms with Crippen LogP contribution in [-0.2, 0) is 19.3 Å². The van der Waals surface area contributed by atoms with Gasteiger partial charge in [0.15, 0.2) is 4.87 Å². The predicted octanol–water partition coefficient (Wildman–Crippen LogP) is 2.64. The molecule has 1 saturated heterocycles. The van der Waals surface area contributed by atoms with Crippen molar-refractivity contribution >= 4 is 33.6 Å². The smallest absolute Gasteiger partial charge is 0.409 e. The molecule has 0 saturated carbocycles. The molecular formula is C14H26N2O5S2. The molecule has 1 fully saturated rings. The van der Waals surface area contributed by atoms with Gasteiger partial charge < -0.3 is 9.84 Å². The predicted molar refractivity (Wildman–Crippen MR) is 91.2 cm³/mol. The van der Waals surface area contributed by atoms with Crippen molar-refractivity contribution in [2.24, 2.45) is 0 Å². The van der Waals surface area contributed by atoms with Gasteiger partial charge in [-0.25, -0.2) is 13.8 Å². The van der Waals surface area contributed by atoms with Gasteiger partial charge in [-0.05, 0) is 33.6 Å². The molecule has 0 aromatic heterocycles. The highest BCUT2D eigenvalue weighted by Crippen LogP contribution is 2.53. The Balaban J connectivity index is 2.60. The molecule has 1 heterocycles. The maximum absolute atomic E-state index is 12.1. The molecule has 0 aromatic rings. The summed E-state index contributed by atoms with van der Waals surface area (Å²) in [4.78, 5) is 21.9. The highest BCUT2D eigenvalue weighted by Gasteiger charge is 2.63. The molecule has 9 heteroatoms. The van der Waals surface area contributed by atoms with Crippen molar-refractivity contribution in [2.75, 3.05) is 11.5 Å². The van der Waals surface area contributed by atoms with Gasteiger partial charge in [0, 0.05) is 21.2 Å². The van der Waals surface area contributed by atoms with E-state index in [0.29, 0.717) is 12.2 Å². The lowest BCUT2D eigenvalue weighted by atomic mass is 10.2. The lowest BCUT2D eigenvalue weighted by Crippen LogP contribution is -2.47. The normalized spacial score (nSPS) is 26.2. The molecule has 134 valence electrons. The third kappa shape index (κ3) is 6.21. The summed E-state index contributed by atoms with van der Waals surface area (Å²) >= 11 is 1.09. The minimum atomic E-state index is -2.68. The highest BCUT2D eigenvalue weighted by atomic mass is 32.2. The number of carbonyl (C=O) groups is 2. The van der Waals surface area contributed by atoms with Crippen LogP contribution in [-0.4, -0.2) is 48.6 Å². The third-order valence-electron chi connectivity index (χ3n) is 3.27. The van der Waals surface area contributed by atoms with Gasteiger partial charge >= 0.3 is 12.1 Å². The second-order valence-electron chi connectivity index (χ2n) is 6.64. The summed E-state index contributed by atoms with van der Waals surface area (Å²) in [5.41, 5.74) is -0.714. The monoisotopic (exact) mass is 366 g/mol. The number of carboxylic acid groups (broad SMARTS) is 1.